The first-order chi connectivity index (χ1) is 13.6. The lowest BCUT2D eigenvalue weighted by Crippen LogP contribution is -2.20. The number of hydrogen-bond acceptors (Lipinski definition) is 6. The summed E-state index contributed by atoms with van der Waals surface area (Å²) in [5.74, 6) is 0.898. The van der Waals surface area contributed by atoms with Gasteiger partial charge in [0.25, 0.3) is 5.91 Å². The predicted octanol–water partition coefficient (Wildman–Crippen LogP) is 3.92. The van der Waals surface area contributed by atoms with Crippen molar-refractivity contribution in [2.24, 2.45) is 0 Å². The highest BCUT2D eigenvalue weighted by Crippen LogP contribution is 2.28. The van der Waals surface area contributed by atoms with Crippen molar-refractivity contribution in [1.29, 1.82) is 0 Å². The molecule has 0 aliphatic rings. The van der Waals surface area contributed by atoms with Gasteiger partial charge in [0.05, 0.1) is 5.69 Å². The zero-order valence-electron chi connectivity index (χ0n) is 16.1. The molecule has 1 N–H and O–H groups in total. The van der Waals surface area contributed by atoms with E-state index >= 15 is 0 Å². The van der Waals surface area contributed by atoms with E-state index in [2.05, 4.69) is 34.7 Å². The van der Waals surface area contributed by atoms with E-state index in [9.17, 15) is 4.79 Å². The van der Waals surface area contributed by atoms with Crippen LogP contribution in [0.15, 0.2) is 53.7 Å². The minimum absolute atomic E-state index is 0.0569. The fraction of sp³-hybridized carbons (Fsp3) is 0.300. The molecule has 0 aliphatic carbocycles. The maximum Gasteiger partial charge on any atom is 0.262 e. The molecule has 0 radical (unpaired) electrons. The number of thioether (sulfide) groups is 1. The van der Waals surface area contributed by atoms with Crippen LogP contribution in [0.4, 0.5) is 5.69 Å². The molecule has 1 atom stereocenters. The molecule has 7 nitrogen and oxygen atoms in total. The number of carbonyl (C=O) groups excluding carboxylic acids is 1. The SMILES string of the molecule is CCC(C)c1ccccc1OCC(=O)Nc1cccc(-n2nnnc2SC)c1. The number of nitrogens with zero attached hydrogens (tertiary/aromatic N) is 4. The van der Waals surface area contributed by atoms with Crippen molar-refractivity contribution in [3.05, 3.63) is 54.1 Å². The van der Waals surface area contributed by atoms with Gasteiger partial charge in [-0.1, -0.05) is 49.9 Å². The molecule has 3 rings (SSSR count). The van der Waals surface area contributed by atoms with Crippen LogP contribution in [0, 0.1) is 0 Å². The van der Waals surface area contributed by atoms with Crippen LogP contribution in [0.1, 0.15) is 31.7 Å². The van der Waals surface area contributed by atoms with Crippen molar-refractivity contribution in [3.8, 4) is 11.4 Å². The van der Waals surface area contributed by atoms with Gasteiger partial charge < -0.3 is 10.1 Å². The summed E-state index contributed by atoms with van der Waals surface area (Å²) < 4.78 is 7.40. The van der Waals surface area contributed by atoms with E-state index in [0.29, 0.717) is 16.8 Å². The zero-order valence-corrected chi connectivity index (χ0v) is 16.9. The predicted molar refractivity (Wildman–Crippen MR) is 110 cm³/mol. The van der Waals surface area contributed by atoms with Gasteiger partial charge in [0, 0.05) is 5.69 Å². The molecule has 0 saturated heterocycles. The third kappa shape index (κ3) is 4.69. The van der Waals surface area contributed by atoms with E-state index < -0.39 is 0 Å². The van der Waals surface area contributed by atoms with Crippen LogP contribution in [0.3, 0.4) is 0 Å². The number of para-hydroxylation sites is 1. The fourth-order valence-corrected chi connectivity index (χ4v) is 3.20. The highest BCUT2D eigenvalue weighted by molar-refractivity contribution is 7.98. The summed E-state index contributed by atoms with van der Waals surface area (Å²) in [7, 11) is 0. The number of nitrogens with one attached hydrogen (secondary N) is 1. The first-order valence-corrected chi connectivity index (χ1v) is 10.3. The molecule has 0 fully saturated rings. The Morgan fingerprint density at radius 1 is 1.25 bits per heavy atom. The Kier molecular flexibility index (Phi) is 6.65. The van der Waals surface area contributed by atoms with E-state index in [4.69, 9.17) is 4.74 Å². The first-order valence-electron chi connectivity index (χ1n) is 9.06. The lowest BCUT2D eigenvalue weighted by atomic mass is 9.98. The molecule has 1 heterocycles. The van der Waals surface area contributed by atoms with Crippen molar-refractivity contribution >= 4 is 23.4 Å². The van der Waals surface area contributed by atoms with E-state index in [1.54, 1.807) is 4.68 Å². The molecule has 0 aliphatic heterocycles. The number of amides is 1. The zero-order chi connectivity index (χ0) is 19.9. The van der Waals surface area contributed by atoms with Crippen LogP contribution in [0.2, 0.25) is 0 Å². The van der Waals surface area contributed by atoms with Gasteiger partial charge in [0.15, 0.2) is 6.61 Å². The van der Waals surface area contributed by atoms with E-state index in [-0.39, 0.29) is 12.5 Å². The molecule has 0 bridgehead atoms. The minimum atomic E-state index is -0.224. The van der Waals surface area contributed by atoms with Crippen LogP contribution in [0.25, 0.3) is 5.69 Å². The van der Waals surface area contributed by atoms with Crippen LogP contribution in [-0.4, -0.2) is 39.0 Å². The molecule has 2 aromatic carbocycles. The van der Waals surface area contributed by atoms with E-state index in [1.165, 1.54) is 11.8 Å². The number of benzene rings is 2. The monoisotopic (exact) mass is 397 g/mol. The Bertz CT molecular complexity index is 944. The summed E-state index contributed by atoms with van der Waals surface area (Å²) in [5.41, 5.74) is 2.54. The van der Waals surface area contributed by atoms with E-state index in [1.807, 2.05) is 54.8 Å². The van der Waals surface area contributed by atoms with Crippen LogP contribution >= 0.6 is 11.8 Å². The maximum atomic E-state index is 12.4. The van der Waals surface area contributed by atoms with Gasteiger partial charge >= 0.3 is 0 Å². The number of anilines is 1. The van der Waals surface area contributed by atoms with Crippen LogP contribution < -0.4 is 10.1 Å². The van der Waals surface area contributed by atoms with Gasteiger partial charge in [-0.25, -0.2) is 0 Å². The molecule has 146 valence electrons. The summed E-state index contributed by atoms with van der Waals surface area (Å²) in [6.07, 6.45) is 2.91. The molecule has 0 saturated carbocycles. The molecule has 8 heteroatoms. The Morgan fingerprint density at radius 2 is 2.07 bits per heavy atom. The molecule has 1 amide bonds. The maximum absolute atomic E-state index is 12.4. The second kappa shape index (κ2) is 9.36. The average molecular weight is 398 g/mol. The number of ether oxygens (including phenoxy) is 1. The number of carbonyl (C=O) groups is 1. The Hall–Kier alpha value is -2.87. The lowest BCUT2D eigenvalue weighted by molar-refractivity contribution is -0.118. The van der Waals surface area contributed by atoms with Crippen LogP contribution in [0.5, 0.6) is 5.75 Å². The van der Waals surface area contributed by atoms with Gasteiger partial charge in [-0.05, 0) is 58.9 Å². The summed E-state index contributed by atoms with van der Waals surface area (Å²) in [6, 6.07) is 15.2. The summed E-state index contributed by atoms with van der Waals surface area (Å²) >= 11 is 1.45. The summed E-state index contributed by atoms with van der Waals surface area (Å²) in [5, 5.41) is 15.2. The third-order valence-electron chi connectivity index (χ3n) is 4.42. The van der Waals surface area contributed by atoms with Crippen molar-refractivity contribution < 1.29 is 9.53 Å². The number of aromatic nitrogens is 4. The van der Waals surface area contributed by atoms with Crippen molar-refractivity contribution in [3.63, 3.8) is 0 Å². The number of hydrogen-bond donors (Lipinski definition) is 1. The number of tetrazole rings is 1. The van der Waals surface area contributed by atoms with Gasteiger partial charge in [-0.2, -0.15) is 4.68 Å². The van der Waals surface area contributed by atoms with Crippen LogP contribution in [-0.2, 0) is 4.79 Å². The van der Waals surface area contributed by atoms with Gasteiger partial charge in [0.2, 0.25) is 5.16 Å². The number of rotatable bonds is 8. The molecular formula is C20H23N5O2S. The largest absolute Gasteiger partial charge is 0.483 e. The highest BCUT2D eigenvalue weighted by atomic mass is 32.2. The molecule has 0 spiro atoms. The van der Waals surface area contributed by atoms with Crippen molar-refractivity contribution in [2.75, 3.05) is 18.2 Å². The summed E-state index contributed by atoms with van der Waals surface area (Å²) in [6.45, 7) is 4.22. The first kappa shape index (κ1) is 19.9. The Balaban J connectivity index is 1.66. The Morgan fingerprint density at radius 3 is 2.86 bits per heavy atom. The normalized spacial score (nSPS) is 11.8. The van der Waals surface area contributed by atoms with Gasteiger partial charge in [-0.15, -0.1) is 5.10 Å². The van der Waals surface area contributed by atoms with Crippen molar-refractivity contribution in [2.45, 2.75) is 31.3 Å². The van der Waals surface area contributed by atoms with Crippen molar-refractivity contribution in [1.82, 2.24) is 20.2 Å². The minimum Gasteiger partial charge on any atom is -0.483 e. The Labute approximate surface area is 168 Å². The highest BCUT2D eigenvalue weighted by Gasteiger charge is 2.12. The smallest absolute Gasteiger partial charge is 0.262 e. The molecule has 1 unspecified atom stereocenters. The summed E-state index contributed by atoms with van der Waals surface area (Å²) in [4.78, 5) is 12.4. The second-order valence-electron chi connectivity index (χ2n) is 6.31. The third-order valence-corrected chi connectivity index (χ3v) is 5.04. The van der Waals surface area contributed by atoms with Gasteiger partial charge in [-0.3, -0.25) is 4.79 Å². The molecule has 1 aromatic heterocycles. The standard InChI is InChI=1S/C20H23N5O2S/c1-4-14(2)17-10-5-6-11-18(17)27-13-19(26)21-15-8-7-9-16(12-15)25-20(28-3)22-23-24-25/h5-12,14H,4,13H2,1-3H3,(H,21,26). The van der Waals surface area contributed by atoms with Gasteiger partial charge in [0.1, 0.15) is 5.75 Å². The molecule has 3 aromatic rings. The quantitative estimate of drug-likeness (QED) is 0.580. The lowest BCUT2D eigenvalue weighted by Gasteiger charge is -2.15. The molecule has 28 heavy (non-hydrogen) atoms. The topological polar surface area (TPSA) is 81.9 Å². The van der Waals surface area contributed by atoms with E-state index in [0.717, 1.165) is 23.4 Å². The molecular weight excluding hydrogens is 374 g/mol. The average Bonchev–Trinajstić information content (AvgIpc) is 3.21. The second-order valence-corrected chi connectivity index (χ2v) is 7.09. The fourth-order valence-electron chi connectivity index (χ4n) is 2.76.